The van der Waals surface area contributed by atoms with Crippen molar-refractivity contribution in [3.05, 3.63) is 36.2 Å². The van der Waals surface area contributed by atoms with E-state index >= 15 is 0 Å². The summed E-state index contributed by atoms with van der Waals surface area (Å²) < 4.78 is 5.12. The fraction of sp³-hybridized carbons (Fsp3) is 0.0909. The Labute approximate surface area is 86.8 Å². The van der Waals surface area contributed by atoms with E-state index in [-0.39, 0.29) is 0 Å². The van der Waals surface area contributed by atoms with Gasteiger partial charge in [-0.3, -0.25) is 4.98 Å². The minimum Gasteiger partial charge on any atom is -0.497 e. The van der Waals surface area contributed by atoms with E-state index in [1.165, 1.54) is 6.21 Å². The van der Waals surface area contributed by atoms with Crippen molar-refractivity contribution in [3.8, 4) is 5.75 Å². The van der Waals surface area contributed by atoms with Crippen LogP contribution in [0.2, 0.25) is 0 Å². The van der Waals surface area contributed by atoms with Crippen LogP contribution < -0.4 is 4.74 Å². The molecule has 1 N–H and O–H groups in total. The van der Waals surface area contributed by atoms with Gasteiger partial charge in [0.2, 0.25) is 0 Å². The summed E-state index contributed by atoms with van der Waals surface area (Å²) in [5.41, 5.74) is 0.637. The van der Waals surface area contributed by atoms with Crippen LogP contribution in [0.5, 0.6) is 5.75 Å². The third-order valence-corrected chi connectivity index (χ3v) is 2.18. The van der Waals surface area contributed by atoms with Crippen LogP contribution in [0.3, 0.4) is 0 Å². The molecule has 0 bridgehead atoms. The van der Waals surface area contributed by atoms with Gasteiger partial charge in [-0.05, 0) is 29.7 Å². The lowest BCUT2D eigenvalue weighted by atomic mass is 10.1. The first-order valence-electron chi connectivity index (χ1n) is 4.45. The molecule has 76 valence electrons. The molecular formula is C11H10N2O2. The van der Waals surface area contributed by atoms with Crippen molar-refractivity contribution < 1.29 is 9.94 Å². The van der Waals surface area contributed by atoms with Crippen molar-refractivity contribution in [2.75, 3.05) is 7.11 Å². The molecule has 0 aliphatic rings. The predicted molar refractivity (Wildman–Crippen MR) is 57.7 cm³/mol. The molecule has 1 aromatic heterocycles. The lowest BCUT2D eigenvalue weighted by Crippen LogP contribution is -1.90. The van der Waals surface area contributed by atoms with Crippen LogP contribution in [0.25, 0.3) is 10.8 Å². The van der Waals surface area contributed by atoms with Crippen LogP contribution in [0, 0.1) is 0 Å². The standard InChI is InChI=1S/C11H10N2O2/c1-15-9-2-3-10-8(6-9)4-5-12-11(10)7-13-14/h2-7,14H,1H3. The Morgan fingerprint density at radius 3 is 3.00 bits per heavy atom. The van der Waals surface area contributed by atoms with E-state index in [2.05, 4.69) is 10.1 Å². The highest BCUT2D eigenvalue weighted by Crippen LogP contribution is 2.21. The number of rotatable bonds is 2. The first-order chi connectivity index (χ1) is 7.35. The van der Waals surface area contributed by atoms with Crippen LogP contribution >= 0.6 is 0 Å². The first-order valence-corrected chi connectivity index (χ1v) is 4.45. The minimum atomic E-state index is 0.637. The van der Waals surface area contributed by atoms with Gasteiger partial charge in [0.1, 0.15) is 5.75 Å². The molecule has 1 heterocycles. The second-order valence-corrected chi connectivity index (χ2v) is 3.03. The van der Waals surface area contributed by atoms with Gasteiger partial charge in [0, 0.05) is 11.6 Å². The summed E-state index contributed by atoms with van der Waals surface area (Å²) in [6.45, 7) is 0. The average molecular weight is 202 g/mol. The van der Waals surface area contributed by atoms with Gasteiger partial charge < -0.3 is 9.94 Å². The molecule has 0 aliphatic carbocycles. The third kappa shape index (κ3) is 1.74. The zero-order chi connectivity index (χ0) is 10.7. The lowest BCUT2D eigenvalue weighted by Gasteiger charge is -2.03. The third-order valence-electron chi connectivity index (χ3n) is 2.18. The van der Waals surface area contributed by atoms with E-state index < -0.39 is 0 Å². The molecular weight excluding hydrogens is 192 g/mol. The van der Waals surface area contributed by atoms with Gasteiger partial charge in [-0.2, -0.15) is 0 Å². The second kappa shape index (κ2) is 3.96. The Balaban J connectivity index is 2.66. The van der Waals surface area contributed by atoms with Crippen LogP contribution in [0.15, 0.2) is 35.6 Å². The number of hydrogen-bond donors (Lipinski definition) is 1. The zero-order valence-corrected chi connectivity index (χ0v) is 8.21. The van der Waals surface area contributed by atoms with Crippen molar-refractivity contribution in [2.45, 2.75) is 0 Å². The van der Waals surface area contributed by atoms with Gasteiger partial charge in [-0.15, -0.1) is 0 Å². The molecule has 0 atom stereocenters. The predicted octanol–water partition coefficient (Wildman–Crippen LogP) is 2.05. The number of fused-ring (bicyclic) bond motifs is 1. The van der Waals surface area contributed by atoms with Crippen molar-refractivity contribution in [1.82, 2.24) is 4.98 Å². The summed E-state index contributed by atoms with van der Waals surface area (Å²) >= 11 is 0. The average Bonchev–Trinajstić information content (AvgIpc) is 2.29. The van der Waals surface area contributed by atoms with Gasteiger partial charge in [0.15, 0.2) is 0 Å². The highest BCUT2D eigenvalue weighted by atomic mass is 16.5. The molecule has 0 saturated heterocycles. The van der Waals surface area contributed by atoms with Crippen LogP contribution in [0.1, 0.15) is 5.69 Å². The molecule has 1 aromatic carbocycles. The summed E-state index contributed by atoms with van der Waals surface area (Å²) in [5, 5.41) is 13.4. The topological polar surface area (TPSA) is 54.7 Å². The molecule has 2 rings (SSSR count). The van der Waals surface area contributed by atoms with E-state index in [1.807, 2.05) is 24.3 Å². The SMILES string of the molecule is COc1ccc2c(C=NO)nccc2c1. The lowest BCUT2D eigenvalue weighted by molar-refractivity contribution is 0.321. The molecule has 4 nitrogen and oxygen atoms in total. The summed E-state index contributed by atoms with van der Waals surface area (Å²) in [6.07, 6.45) is 2.98. The summed E-state index contributed by atoms with van der Waals surface area (Å²) in [6, 6.07) is 7.52. The van der Waals surface area contributed by atoms with E-state index in [0.29, 0.717) is 5.69 Å². The minimum absolute atomic E-state index is 0.637. The van der Waals surface area contributed by atoms with Gasteiger partial charge in [-0.1, -0.05) is 5.16 Å². The van der Waals surface area contributed by atoms with E-state index in [1.54, 1.807) is 13.3 Å². The fourth-order valence-corrected chi connectivity index (χ4v) is 1.46. The Morgan fingerprint density at radius 1 is 1.40 bits per heavy atom. The van der Waals surface area contributed by atoms with Gasteiger partial charge in [0.25, 0.3) is 0 Å². The van der Waals surface area contributed by atoms with E-state index in [9.17, 15) is 0 Å². The molecule has 2 aromatic rings. The molecule has 0 saturated carbocycles. The summed E-state index contributed by atoms with van der Waals surface area (Å²) in [7, 11) is 1.62. The quantitative estimate of drug-likeness (QED) is 0.460. The normalized spacial score (nSPS) is 11.0. The van der Waals surface area contributed by atoms with Crippen molar-refractivity contribution in [3.63, 3.8) is 0 Å². The highest BCUT2D eigenvalue weighted by molar-refractivity contribution is 5.98. The monoisotopic (exact) mass is 202 g/mol. The number of oxime groups is 1. The molecule has 0 aliphatic heterocycles. The molecule has 15 heavy (non-hydrogen) atoms. The molecule has 0 unspecified atom stereocenters. The molecule has 0 radical (unpaired) electrons. The van der Waals surface area contributed by atoms with Crippen molar-refractivity contribution in [1.29, 1.82) is 0 Å². The van der Waals surface area contributed by atoms with Gasteiger partial charge in [0.05, 0.1) is 19.0 Å². The van der Waals surface area contributed by atoms with Gasteiger partial charge >= 0.3 is 0 Å². The number of ether oxygens (including phenoxy) is 1. The first kappa shape index (κ1) is 9.45. The number of nitrogens with zero attached hydrogens (tertiary/aromatic N) is 2. The maximum atomic E-state index is 8.48. The Hall–Kier alpha value is -2.10. The van der Waals surface area contributed by atoms with Crippen LogP contribution in [0.4, 0.5) is 0 Å². The molecule has 0 spiro atoms. The molecule has 0 amide bonds. The maximum absolute atomic E-state index is 8.48. The number of hydrogen-bond acceptors (Lipinski definition) is 4. The Bertz CT molecular complexity index is 509. The van der Waals surface area contributed by atoms with E-state index in [0.717, 1.165) is 16.5 Å². The zero-order valence-electron chi connectivity index (χ0n) is 8.21. The number of methoxy groups -OCH3 is 1. The number of pyridine rings is 1. The maximum Gasteiger partial charge on any atom is 0.119 e. The fourth-order valence-electron chi connectivity index (χ4n) is 1.46. The smallest absolute Gasteiger partial charge is 0.119 e. The Kier molecular flexibility index (Phi) is 2.49. The second-order valence-electron chi connectivity index (χ2n) is 3.03. The number of aromatic nitrogens is 1. The highest BCUT2D eigenvalue weighted by Gasteiger charge is 2.01. The van der Waals surface area contributed by atoms with Crippen LogP contribution in [-0.2, 0) is 0 Å². The number of benzene rings is 1. The largest absolute Gasteiger partial charge is 0.497 e. The Morgan fingerprint density at radius 2 is 2.27 bits per heavy atom. The summed E-state index contributed by atoms with van der Waals surface area (Å²) in [5.74, 6) is 0.792. The molecule has 0 fully saturated rings. The van der Waals surface area contributed by atoms with Crippen LogP contribution in [-0.4, -0.2) is 23.5 Å². The van der Waals surface area contributed by atoms with Crippen molar-refractivity contribution >= 4 is 17.0 Å². The van der Waals surface area contributed by atoms with E-state index in [4.69, 9.17) is 9.94 Å². The molecule has 4 heteroatoms. The van der Waals surface area contributed by atoms with Crippen molar-refractivity contribution in [2.24, 2.45) is 5.16 Å². The summed E-state index contributed by atoms with van der Waals surface area (Å²) in [4.78, 5) is 4.10. The van der Waals surface area contributed by atoms with Gasteiger partial charge in [-0.25, -0.2) is 0 Å².